The summed E-state index contributed by atoms with van der Waals surface area (Å²) in [5.41, 5.74) is 0.918. The predicted octanol–water partition coefficient (Wildman–Crippen LogP) is 1.16. The third-order valence-corrected chi connectivity index (χ3v) is 4.04. The van der Waals surface area contributed by atoms with Gasteiger partial charge in [0, 0.05) is 26.7 Å². The predicted molar refractivity (Wildman–Crippen MR) is 85.3 cm³/mol. The van der Waals surface area contributed by atoms with E-state index in [1.54, 1.807) is 6.07 Å². The van der Waals surface area contributed by atoms with Crippen molar-refractivity contribution < 1.29 is 19.0 Å². The van der Waals surface area contributed by atoms with Crippen LogP contribution in [0.3, 0.4) is 0 Å². The Hall–Kier alpha value is -1.50. The largest absolute Gasteiger partial charge is 0.389 e. The molecule has 2 unspecified atom stereocenters. The first-order valence-corrected chi connectivity index (χ1v) is 8.00. The second-order valence-corrected chi connectivity index (χ2v) is 6.06. The first-order valence-electron chi connectivity index (χ1n) is 8.00. The van der Waals surface area contributed by atoms with E-state index in [9.17, 15) is 14.3 Å². The van der Waals surface area contributed by atoms with E-state index < -0.39 is 6.10 Å². The van der Waals surface area contributed by atoms with Gasteiger partial charge >= 0.3 is 0 Å². The molecule has 23 heavy (non-hydrogen) atoms. The molecule has 0 aromatic heterocycles. The lowest BCUT2D eigenvalue weighted by Gasteiger charge is -2.32. The molecule has 2 N–H and O–H groups in total. The fourth-order valence-electron chi connectivity index (χ4n) is 2.92. The number of rotatable bonds is 7. The number of carbonyl (C=O) groups is 1. The van der Waals surface area contributed by atoms with Gasteiger partial charge in [0.15, 0.2) is 0 Å². The summed E-state index contributed by atoms with van der Waals surface area (Å²) in [6, 6.07) is 6.57. The van der Waals surface area contributed by atoms with Crippen LogP contribution in [-0.4, -0.2) is 55.4 Å². The van der Waals surface area contributed by atoms with Crippen molar-refractivity contribution in [3.63, 3.8) is 0 Å². The SMILES string of the molecule is COCC(O)CNC(=O)C1CCCN(Cc2cccc(F)c2)C1. The van der Waals surface area contributed by atoms with Crippen molar-refractivity contribution in [1.82, 2.24) is 10.2 Å². The number of benzene rings is 1. The molecule has 0 bridgehead atoms. The molecule has 1 saturated heterocycles. The molecule has 0 saturated carbocycles. The Morgan fingerprint density at radius 2 is 2.39 bits per heavy atom. The maximum atomic E-state index is 13.2. The number of hydrogen-bond donors (Lipinski definition) is 2. The van der Waals surface area contributed by atoms with Gasteiger partial charge < -0.3 is 15.2 Å². The maximum Gasteiger partial charge on any atom is 0.224 e. The van der Waals surface area contributed by atoms with Crippen molar-refractivity contribution in [2.45, 2.75) is 25.5 Å². The summed E-state index contributed by atoms with van der Waals surface area (Å²) in [5.74, 6) is -0.364. The van der Waals surface area contributed by atoms with Gasteiger partial charge in [-0.05, 0) is 37.1 Å². The standard InChI is InChI=1S/C17H25FN2O3/c1-23-12-16(21)9-19-17(22)14-5-3-7-20(11-14)10-13-4-2-6-15(18)8-13/h2,4,6,8,14,16,21H,3,5,7,9-12H2,1H3,(H,19,22). The van der Waals surface area contributed by atoms with Crippen LogP contribution in [0.5, 0.6) is 0 Å². The van der Waals surface area contributed by atoms with Gasteiger partial charge in [-0.2, -0.15) is 0 Å². The van der Waals surface area contributed by atoms with Gasteiger partial charge in [-0.25, -0.2) is 4.39 Å². The molecular weight excluding hydrogens is 299 g/mol. The normalized spacial score (nSPS) is 20.2. The first kappa shape index (κ1) is 17.8. The van der Waals surface area contributed by atoms with Gasteiger partial charge in [-0.3, -0.25) is 9.69 Å². The topological polar surface area (TPSA) is 61.8 Å². The second kappa shape index (κ2) is 8.96. The minimum Gasteiger partial charge on any atom is -0.389 e. The number of methoxy groups -OCH3 is 1. The van der Waals surface area contributed by atoms with Gasteiger partial charge in [0.05, 0.1) is 18.6 Å². The van der Waals surface area contributed by atoms with Crippen LogP contribution in [-0.2, 0) is 16.1 Å². The average molecular weight is 324 g/mol. The lowest BCUT2D eigenvalue weighted by Crippen LogP contribution is -2.44. The van der Waals surface area contributed by atoms with Crippen molar-refractivity contribution in [1.29, 1.82) is 0 Å². The van der Waals surface area contributed by atoms with E-state index in [1.165, 1.54) is 19.2 Å². The number of hydrogen-bond acceptors (Lipinski definition) is 4. The van der Waals surface area contributed by atoms with E-state index in [-0.39, 0.29) is 30.8 Å². The summed E-state index contributed by atoms with van der Waals surface area (Å²) < 4.78 is 18.1. The minimum atomic E-state index is -0.684. The summed E-state index contributed by atoms with van der Waals surface area (Å²) in [7, 11) is 1.51. The molecule has 0 aliphatic carbocycles. The molecule has 1 aromatic rings. The molecule has 2 rings (SSSR count). The van der Waals surface area contributed by atoms with E-state index in [2.05, 4.69) is 10.2 Å². The molecule has 1 fully saturated rings. The highest BCUT2D eigenvalue weighted by Crippen LogP contribution is 2.19. The zero-order valence-electron chi connectivity index (χ0n) is 13.5. The van der Waals surface area contributed by atoms with Crippen LogP contribution in [0, 0.1) is 11.7 Å². The molecular formula is C17H25FN2O3. The maximum absolute atomic E-state index is 13.2. The Kier molecular flexibility index (Phi) is 6.95. The Bertz CT molecular complexity index is 512. The smallest absolute Gasteiger partial charge is 0.224 e. The third kappa shape index (κ3) is 5.89. The van der Waals surface area contributed by atoms with Crippen LogP contribution in [0.4, 0.5) is 4.39 Å². The molecule has 2 atom stereocenters. The summed E-state index contributed by atoms with van der Waals surface area (Å²) in [4.78, 5) is 14.4. The lowest BCUT2D eigenvalue weighted by molar-refractivity contribution is -0.127. The zero-order chi connectivity index (χ0) is 16.7. The fraction of sp³-hybridized carbons (Fsp3) is 0.588. The number of halogens is 1. The van der Waals surface area contributed by atoms with Crippen molar-refractivity contribution in [2.75, 3.05) is 33.4 Å². The van der Waals surface area contributed by atoms with Crippen LogP contribution in [0.25, 0.3) is 0 Å². The van der Waals surface area contributed by atoms with E-state index in [0.717, 1.165) is 24.9 Å². The summed E-state index contributed by atoms with van der Waals surface area (Å²) in [5, 5.41) is 12.4. The number of nitrogens with zero attached hydrogens (tertiary/aromatic N) is 1. The fourth-order valence-corrected chi connectivity index (χ4v) is 2.92. The molecule has 1 aliphatic rings. The number of aliphatic hydroxyl groups excluding tert-OH is 1. The molecule has 1 aromatic carbocycles. The van der Waals surface area contributed by atoms with Gasteiger partial charge in [0.25, 0.3) is 0 Å². The monoisotopic (exact) mass is 324 g/mol. The summed E-state index contributed by atoms with van der Waals surface area (Å²) in [6.07, 6.45) is 1.09. The number of amides is 1. The lowest BCUT2D eigenvalue weighted by atomic mass is 9.96. The Labute approximate surface area is 136 Å². The van der Waals surface area contributed by atoms with Gasteiger partial charge in [0.2, 0.25) is 5.91 Å². The number of aliphatic hydroxyl groups is 1. The number of nitrogens with one attached hydrogen (secondary N) is 1. The first-order chi connectivity index (χ1) is 11.1. The van der Waals surface area contributed by atoms with E-state index >= 15 is 0 Å². The number of ether oxygens (including phenoxy) is 1. The number of likely N-dealkylation sites (tertiary alicyclic amines) is 1. The zero-order valence-corrected chi connectivity index (χ0v) is 13.5. The molecule has 0 radical (unpaired) electrons. The number of piperidine rings is 1. The van der Waals surface area contributed by atoms with Gasteiger partial charge in [0.1, 0.15) is 5.82 Å². The molecule has 0 spiro atoms. The van der Waals surface area contributed by atoms with Crippen LogP contribution < -0.4 is 5.32 Å². The molecule has 128 valence electrons. The highest BCUT2D eigenvalue weighted by molar-refractivity contribution is 5.79. The van der Waals surface area contributed by atoms with Crippen molar-refractivity contribution in [3.8, 4) is 0 Å². The van der Waals surface area contributed by atoms with Crippen LogP contribution >= 0.6 is 0 Å². The van der Waals surface area contributed by atoms with Crippen LogP contribution in [0.1, 0.15) is 18.4 Å². The van der Waals surface area contributed by atoms with Crippen molar-refractivity contribution >= 4 is 5.91 Å². The molecule has 6 heteroatoms. The third-order valence-electron chi connectivity index (χ3n) is 4.04. The van der Waals surface area contributed by atoms with Crippen LogP contribution in [0.15, 0.2) is 24.3 Å². The van der Waals surface area contributed by atoms with Gasteiger partial charge in [-0.15, -0.1) is 0 Å². The minimum absolute atomic E-state index is 0.0379. The average Bonchev–Trinajstić information content (AvgIpc) is 2.53. The van der Waals surface area contributed by atoms with Crippen molar-refractivity contribution in [2.24, 2.45) is 5.92 Å². The Morgan fingerprint density at radius 1 is 1.57 bits per heavy atom. The highest BCUT2D eigenvalue weighted by Gasteiger charge is 2.26. The molecule has 5 nitrogen and oxygen atoms in total. The molecule has 1 heterocycles. The molecule has 1 aliphatic heterocycles. The van der Waals surface area contributed by atoms with Crippen LogP contribution in [0.2, 0.25) is 0 Å². The molecule has 1 amide bonds. The van der Waals surface area contributed by atoms with Crippen molar-refractivity contribution in [3.05, 3.63) is 35.6 Å². The van der Waals surface area contributed by atoms with Gasteiger partial charge in [-0.1, -0.05) is 12.1 Å². The Balaban J connectivity index is 1.81. The van der Waals surface area contributed by atoms with E-state index in [1.807, 2.05) is 6.07 Å². The van der Waals surface area contributed by atoms with E-state index in [0.29, 0.717) is 13.1 Å². The second-order valence-electron chi connectivity index (χ2n) is 6.06. The summed E-state index contributed by atoms with van der Waals surface area (Å²) >= 11 is 0. The summed E-state index contributed by atoms with van der Waals surface area (Å²) in [6.45, 7) is 2.62. The highest BCUT2D eigenvalue weighted by atomic mass is 19.1. The number of carbonyl (C=O) groups excluding carboxylic acids is 1. The Morgan fingerprint density at radius 3 is 3.13 bits per heavy atom. The quantitative estimate of drug-likeness (QED) is 0.790. The van der Waals surface area contributed by atoms with E-state index in [4.69, 9.17) is 4.74 Å².